The van der Waals surface area contributed by atoms with Gasteiger partial charge in [0, 0.05) is 24.1 Å². The number of aromatic nitrogens is 3. The van der Waals surface area contributed by atoms with Crippen molar-refractivity contribution in [1.82, 2.24) is 15.1 Å². The van der Waals surface area contributed by atoms with E-state index in [0.717, 1.165) is 17.0 Å². The Morgan fingerprint density at radius 2 is 1.66 bits per heavy atom. The van der Waals surface area contributed by atoms with Crippen LogP contribution in [0.5, 0.6) is 5.75 Å². The van der Waals surface area contributed by atoms with Crippen LogP contribution in [-0.4, -0.2) is 21.1 Å². The molecule has 0 saturated heterocycles. The van der Waals surface area contributed by atoms with E-state index in [4.69, 9.17) is 14.0 Å². The standard InChI is InChI=1S/C28H29N3O4/c1-19(2)28(4,23-12-14-25(15-13-23)34-17-24-7-5-6-16-29-24)22-10-8-21(9-11-22)27-30-26(35-31-27)18-33-20(3)32/h5-16,19H,17-18H2,1-4H3. The second-order valence-electron chi connectivity index (χ2n) is 8.86. The Morgan fingerprint density at radius 3 is 2.26 bits per heavy atom. The van der Waals surface area contributed by atoms with E-state index < -0.39 is 5.97 Å². The number of nitrogens with zero attached hydrogens (tertiary/aromatic N) is 3. The molecule has 1 unspecified atom stereocenters. The summed E-state index contributed by atoms with van der Waals surface area (Å²) in [7, 11) is 0. The molecule has 0 radical (unpaired) electrons. The number of pyridine rings is 1. The van der Waals surface area contributed by atoms with Crippen LogP contribution in [0.15, 0.2) is 77.4 Å². The molecule has 0 spiro atoms. The summed E-state index contributed by atoms with van der Waals surface area (Å²) in [6, 6.07) is 22.2. The number of hydrogen-bond acceptors (Lipinski definition) is 7. The number of ether oxygens (including phenoxy) is 2. The predicted octanol–water partition coefficient (Wildman–Crippen LogP) is 5.74. The van der Waals surface area contributed by atoms with E-state index in [9.17, 15) is 4.79 Å². The van der Waals surface area contributed by atoms with Crippen LogP contribution in [0.1, 0.15) is 50.4 Å². The number of hydrogen-bond donors (Lipinski definition) is 0. The fraction of sp³-hybridized carbons (Fsp3) is 0.286. The third kappa shape index (κ3) is 5.57. The summed E-state index contributed by atoms with van der Waals surface area (Å²) >= 11 is 0. The van der Waals surface area contributed by atoms with Crippen molar-refractivity contribution in [3.05, 3.63) is 95.6 Å². The molecule has 35 heavy (non-hydrogen) atoms. The minimum atomic E-state index is -0.394. The van der Waals surface area contributed by atoms with E-state index in [-0.39, 0.29) is 17.9 Å². The molecule has 7 nitrogen and oxygen atoms in total. The molecule has 1 atom stereocenters. The fourth-order valence-electron chi connectivity index (χ4n) is 3.93. The lowest BCUT2D eigenvalue weighted by Gasteiger charge is -2.35. The molecule has 0 amide bonds. The minimum Gasteiger partial charge on any atom is -0.487 e. The maximum Gasteiger partial charge on any atom is 0.303 e. The van der Waals surface area contributed by atoms with Gasteiger partial charge < -0.3 is 14.0 Å². The zero-order valence-corrected chi connectivity index (χ0v) is 20.4. The molecule has 0 saturated carbocycles. The third-order valence-corrected chi connectivity index (χ3v) is 6.33. The van der Waals surface area contributed by atoms with Gasteiger partial charge in [0.05, 0.1) is 5.69 Å². The molecule has 0 aliphatic carbocycles. The van der Waals surface area contributed by atoms with Gasteiger partial charge in [0.2, 0.25) is 5.82 Å². The molecule has 0 aliphatic heterocycles. The number of rotatable bonds is 9. The molecule has 7 heteroatoms. The molecule has 2 heterocycles. The summed E-state index contributed by atoms with van der Waals surface area (Å²) in [5.74, 6) is 1.47. The van der Waals surface area contributed by atoms with Crippen LogP contribution in [0.25, 0.3) is 11.4 Å². The quantitative estimate of drug-likeness (QED) is 0.288. The SMILES string of the molecule is CC(=O)OCc1nc(-c2ccc(C(C)(c3ccc(OCc4ccccn4)cc3)C(C)C)cc2)no1. The zero-order valence-electron chi connectivity index (χ0n) is 20.4. The normalized spacial score (nSPS) is 12.8. The van der Waals surface area contributed by atoms with Crippen molar-refractivity contribution in [2.24, 2.45) is 5.92 Å². The Kier molecular flexibility index (Phi) is 7.25. The Balaban J connectivity index is 1.50. The lowest BCUT2D eigenvalue weighted by molar-refractivity contribution is -0.143. The molecule has 4 aromatic rings. The monoisotopic (exact) mass is 471 g/mol. The minimum absolute atomic E-state index is 0.0343. The van der Waals surface area contributed by atoms with Crippen LogP contribution < -0.4 is 4.74 Å². The number of esters is 1. The maximum absolute atomic E-state index is 11.0. The van der Waals surface area contributed by atoms with Crippen molar-refractivity contribution in [2.75, 3.05) is 0 Å². The van der Waals surface area contributed by atoms with E-state index in [2.05, 4.69) is 60.2 Å². The Morgan fingerprint density at radius 1 is 0.971 bits per heavy atom. The van der Waals surface area contributed by atoms with E-state index in [1.54, 1.807) is 6.20 Å². The van der Waals surface area contributed by atoms with Crippen LogP contribution in [0, 0.1) is 5.92 Å². The molecule has 0 N–H and O–H groups in total. The van der Waals surface area contributed by atoms with Gasteiger partial charge >= 0.3 is 5.97 Å². The third-order valence-electron chi connectivity index (χ3n) is 6.33. The van der Waals surface area contributed by atoms with Crippen LogP contribution in [-0.2, 0) is 28.2 Å². The van der Waals surface area contributed by atoms with Crippen molar-refractivity contribution in [3.63, 3.8) is 0 Å². The van der Waals surface area contributed by atoms with Gasteiger partial charge in [-0.25, -0.2) is 0 Å². The summed E-state index contributed by atoms with van der Waals surface area (Å²) in [6.07, 6.45) is 1.77. The first-order valence-electron chi connectivity index (χ1n) is 11.6. The average molecular weight is 472 g/mol. The van der Waals surface area contributed by atoms with Gasteiger partial charge in [-0.3, -0.25) is 9.78 Å². The lowest BCUT2D eigenvalue weighted by atomic mass is 9.68. The molecule has 4 rings (SSSR count). The highest BCUT2D eigenvalue weighted by atomic mass is 16.6. The van der Waals surface area contributed by atoms with Crippen molar-refractivity contribution in [3.8, 4) is 17.1 Å². The van der Waals surface area contributed by atoms with Gasteiger partial charge in [-0.1, -0.05) is 68.4 Å². The molecule has 0 fully saturated rings. The Labute approximate surface area is 205 Å². The largest absolute Gasteiger partial charge is 0.487 e. The van der Waals surface area contributed by atoms with Gasteiger partial charge in [0.25, 0.3) is 5.89 Å². The van der Waals surface area contributed by atoms with Crippen LogP contribution >= 0.6 is 0 Å². The number of carbonyl (C=O) groups is 1. The number of benzene rings is 2. The van der Waals surface area contributed by atoms with Gasteiger partial charge in [0.1, 0.15) is 12.4 Å². The average Bonchev–Trinajstić information content (AvgIpc) is 3.36. The molecule has 2 aromatic heterocycles. The first-order valence-corrected chi connectivity index (χ1v) is 11.6. The van der Waals surface area contributed by atoms with E-state index in [1.807, 2.05) is 42.5 Å². The van der Waals surface area contributed by atoms with Crippen molar-refractivity contribution >= 4 is 5.97 Å². The summed E-state index contributed by atoms with van der Waals surface area (Å²) in [6.45, 7) is 8.43. The summed E-state index contributed by atoms with van der Waals surface area (Å²) in [5.41, 5.74) is 3.89. The maximum atomic E-state index is 11.0. The topological polar surface area (TPSA) is 87.3 Å². The molecular formula is C28H29N3O4. The summed E-state index contributed by atoms with van der Waals surface area (Å²) < 4.78 is 16.0. The molecule has 0 aliphatic rings. The highest BCUT2D eigenvalue weighted by molar-refractivity contribution is 5.65. The highest BCUT2D eigenvalue weighted by Gasteiger charge is 2.32. The van der Waals surface area contributed by atoms with Gasteiger partial charge in [-0.2, -0.15) is 4.98 Å². The van der Waals surface area contributed by atoms with Crippen LogP contribution in [0.4, 0.5) is 0 Å². The summed E-state index contributed by atoms with van der Waals surface area (Å²) in [4.78, 5) is 19.6. The smallest absolute Gasteiger partial charge is 0.303 e. The van der Waals surface area contributed by atoms with Crippen LogP contribution in [0.2, 0.25) is 0 Å². The molecule has 180 valence electrons. The Hall–Kier alpha value is -4.00. The van der Waals surface area contributed by atoms with E-state index >= 15 is 0 Å². The van der Waals surface area contributed by atoms with Crippen molar-refractivity contribution < 1.29 is 18.8 Å². The van der Waals surface area contributed by atoms with Crippen molar-refractivity contribution in [2.45, 2.75) is 46.3 Å². The first-order chi connectivity index (χ1) is 16.9. The van der Waals surface area contributed by atoms with E-state index in [1.165, 1.54) is 18.1 Å². The Bertz CT molecular complexity index is 1250. The second-order valence-corrected chi connectivity index (χ2v) is 8.86. The van der Waals surface area contributed by atoms with E-state index in [0.29, 0.717) is 18.3 Å². The van der Waals surface area contributed by atoms with Gasteiger partial charge in [-0.05, 0) is 41.3 Å². The van der Waals surface area contributed by atoms with Crippen molar-refractivity contribution in [1.29, 1.82) is 0 Å². The van der Waals surface area contributed by atoms with Gasteiger partial charge in [0.15, 0.2) is 6.61 Å². The van der Waals surface area contributed by atoms with Crippen LogP contribution in [0.3, 0.4) is 0 Å². The highest BCUT2D eigenvalue weighted by Crippen LogP contribution is 2.40. The molecule has 0 bridgehead atoms. The summed E-state index contributed by atoms with van der Waals surface area (Å²) in [5, 5.41) is 4.00. The first kappa shape index (κ1) is 24.1. The molecular weight excluding hydrogens is 442 g/mol. The second kappa shape index (κ2) is 10.5. The predicted molar refractivity (Wildman–Crippen MR) is 132 cm³/mol. The lowest BCUT2D eigenvalue weighted by Crippen LogP contribution is -2.30. The van der Waals surface area contributed by atoms with Gasteiger partial charge in [-0.15, -0.1) is 0 Å². The number of carbonyl (C=O) groups excluding carboxylic acids is 1. The zero-order chi connectivity index (χ0) is 24.8. The molecule has 2 aromatic carbocycles. The fourth-order valence-corrected chi connectivity index (χ4v) is 3.93.